The molecule has 0 spiro atoms. The predicted octanol–water partition coefficient (Wildman–Crippen LogP) is 3.52. The van der Waals surface area contributed by atoms with Gasteiger partial charge in [0.05, 0.1) is 10.8 Å². The molecule has 1 heterocycles. The van der Waals surface area contributed by atoms with Gasteiger partial charge in [-0.3, -0.25) is 4.79 Å². The summed E-state index contributed by atoms with van der Waals surface area (Å²) in [6.45, 7) is 6.16. The number of carbonyl (C=O) groups excluding carboxylic acids is 1. The largest absolute Gasteiger partial charge is 0.399 e. The predicted molar refractivity (Wildman–Crippen MR) is 86.1 cm³/mol. The van der Waals surface area contributed by atoms with Crippen molar-refractivity contribution < 1.29 is 4.79 Å². The normalized spacial score (nSPS) is 22.9. The van der Waals surface area contributed by atoms with Crippen LogP contribution in [0.2, 0.25) is 5.02 Å². The molecule has 0 aliphatic carbocycles. The van der Waals surface area contributed by atoms with Gasteiger partial charge in [0, 0.05) is 23.7 Å². The zero-order valence-corrected chi connectivity index (χ0v) is 13.5. The molecule has 1 aromatic rings. The third-order valence-electron chi connectivity index (χ3n) is 3.53. The van der Waals surface area contributed by atoms with E-state index in [1.54, 1.807) is 6.07 Å². The topological polar surface area (TPSA) is 46.3 Å². The van der Waals surface area contributed by atoms with E-state index in [9.17, 15) is 4.79 Å². The number of likely N-dealkylation sites (tertiary alicyclic amines) is 1. The van der Waals surface area contributed by atoms with Gasteiger partial charge in [-0.1, -0.05) is 25.4 Å². The van der Waals surface area contributed by atoms with Crippen LogP contribution in [0.3, 0.4) is 0 Å². The van der Waals surface area contributed by atoms with Gasteiger partial charge in [-0.2, -0.15) is 0 Å². The first kappa shape index (κ1) is 15.5. The van der Waals surface area contributed by atoms with Crippen molar-refractivity contribution in [1.82, 2.24) is 4.90 Å². The highest BCUT2D eigenvalue weighted by molar-refractivity contribution is 8.00. The molecule has 0 saturated carbocycles. The van der Waals surface area contributed by atoms with Gasteiger partial charge < -0.3 is 10.6 Å². The van der Waals surface area contributed by atoms with Gasteiger partial charge in [-0.15, -0.1) is 11.8 Å². The lowest BCUT2D eigenvalue weighted by Crippen LogP contribution is -2.43. The maximum atomic E-state index is 12.3. The number of thioether (sulfide) groups is 1. The van der Waals surface area contributed by atoms with Crippen LogP contribution in [0.1, 0.15) is 20.3 Å². The summed E-state index contributed by atoms with van der Waals surface area (Å²) in [7, 11) is 0. The summed E-state index contributed by atoms with van der Waals surface area (Å²) in [6.07, 6.45) is 1.21. The lowest BCUT2D eigenvalue weighted by atomic mass is 9.92. The first-order chi connectivity index (χ1) is 9.45. The van der Waals surface area contributed by atoms with Gasteiger partial charge >= 0.3 is 0 Å². The second kappa shape index (κ2) is 6.72. The van der Waals surface area contributed by atoms with Crippen LogP contribution in [0.4, 0.5) is 5.69 Å². The van der Waals surface area contributed by atoms with Crippen molar-refractivity contribution in [2.75, 3.05) is 24.6 Å². The van der Waals surface area contributed by atoms with E-state index >= 15 is 0 Å². The van der Waals surface area contributed by atoms with E-state index in [1.165, 1.54) is 18.2 Å². The first-order valence-electron chi connectivity index (χ1n) is 6.91. The molecule has 2 N–H and O–H groups in total. The lowest BCUT2D eigenvalue weighted by Gasteiger charge is -2.35. The van der Waals surface area contributed by atoms with E-state index in [0.29, 0.717) is 28.3 Å². The average molecular weight is 313 g/mol. The van der Waals surface area contributed by atoms with E-state index in [2.05, 4.69) is 13.8 Å². The summed E-state index contributed by atoms with van der Waals surface area (Å²) >= 11 is 7.60. The number of piperidine rings is 1. The molecule has 1 saturated heterocycles. The average Bonchev–Trinajstić information content (AvgIpc) is 2.36. The summed E-state index contributed by atoms with van der Waals surface area (Å²) in [5, 5.41) is 0.614. The van der Waals surface area contributed by atoms with Gasteiger partial charge in [0.25, 0.3) is 0 Å². The molecule has 5 heteroatoms. The maximum Gasteiger partial charge on any atom is 0.232 e. The van der Waals surface area contributed by atoms with Crippen LogP contribution in [-0.2, 0) is 4.79 Å². The molecule has 2 atom stereocenters. The van der Waals surface area contributed by atoms with Crippen LogP contribution >= 0.6 is 23.4 Å². The number of halogens is 1. The molecule has 3 nitrogen and oxygen atoms in total. The fourth-order valence-corrected chi connectivity index (χ4v) is 3.91. The van der Waals surface area contributed by atoms with Crippen LogP contribution in [0.25, 0.3) is 0 Å². The summed E-state index contributed by atoms with van der Waals surface area (Å²) < 4.78 is 0. The van der Waals surface area contributed by atoms with Crippen molar-refractivity contribution in [3.8, 4) is 0 Å². The molecule has 1 aliphatic heterocycles. The van der Waals surface area contributed by atoms with Crippen LogP contribution < -0.4 is 5.73 Å². The molecule has 110 valence electrons. The monoisotopic (exact) mass is 312 g/mol. The summed E-state index contributed by atoms with van der Waals surface area (Å²) in [5.41, 5.74) is 6.30. The summed E-state index contributed by atoms with van der Waals surface area (Å²) in [5.74, 6) is 1.81. The molecular formula is C15H21ClN2OS. The Morgan fingerprint density at radius 2 is 2.05 bits per heavy atom. The number of nitrogen functional groups attached to an aromatic ring is 1. The Kier molecular flexibility index (Phi) is 5.22. The van der Waals surface area contributed by atoms with Crippen LogP contribution in [0.15, 0.2) is 23.1 Å². The molecule has 20 heavy (non-hydrogen) atoms. The molecule has 1 fully saturated rings. The number of anilines is 1. The Labute approximate surface area is 129 Å². The van der Waals surface area contributed by atoms with Gasteiger partial charge in [0.15, 0.2) is 0 Å². The van der Waals surface area contributed by atoms with E-state index in [1.807, 2.05) is 17.0 Å². The zero-order valence-electron chi connectivity index (χ0n) is 11.9. The number of amides is 1. The minimum Gasteiger partial charge on any atom is -0.399 e. The van der Waals surface area contributed by atoms with E-state index < -0.39 is 0 Å². The lowest BCUT2D eigenvalue weighted by molar-refractivity contribution is -0.130. The van der Waals surface area contributed by atoms with Gasteiger partial charge in [-0.25, -0.2) is 0 Å². The molecule has 0 radical (unpaired) electrons. The van der Waals surface area contributed by atoms with Crippen molar-refractivity contribution in [3.63, 3.8) is 0 Å². The second-order valence-corrected chi connectivity index (χ2v) is 7.15. The van der Waals surface area contributed by atoms with Crippen molar-refractivity contribution >= 4 is 35.0 Å². The fourth-order valence-electron chi connectivity index (χ4n) is 2.73. The standard InChI is InChI=1S/C15H21ClN2OS/c1-10-5-11(2)8-18(7-10)15(19)9-20-14-4-3-12(17)6-13(14)16/h3-4,6,10-11H,5,7-9,17H2,1-2H3. The number of hydrogen-bond donors (Lipinski definition) is 1. The molecule has 0 bridgehead atoms. The van der Waals surface area contributed by atoms with Crippen molar-refractivity contribution in [1.29, 1.82) is 0 Å². The minimum atomic E-state index is 0.196. The molecule has 1 amide bonds. The van der Waals surface area contributed by atoms with Gasteiger partial charge in [0.1, 0.15) is 0 Å². The van der Waals surface area contributed by atoms with Crippen LogP contribution in [0, 0.1) is 11.8 Å². The summed E-state index contributed by atoms with van der Waals surface area (Å²) in [4.78, 5) is 15.2. The molecule has 2 rings (SSSR count). The highest BCUT2D eigenvalue weighted by Crippen LogP contribution is 2.29. The minimum absolute atomic E-state index is 0.196. The Morgan fingerprint density at radius 1 is 1.40 bits per heavy atom. The molecule has 1 aliphatic rings. The Bertz CT molecular complexity index is 485. The quantitative estimate of drug-likeness (QED) is 0.686. The van der Waals surface area contributed by atoms with E-state index in [0.717, 1.165) is 18.0 Å². The number of hydrogen-bond acceptors (Lipinski definition) is 3. The summed E-state index contributed by atoms with van der Waals surface area (Å²) in [6, 6.07) is 5.40. The number of carbonyl (C=O) groups is 1. The first-order valence-corrected chi connectivity index (χ1v) is 8.27. The number of benzene rings is 1. The number of nitrogens with two attached hydrogens (primary N) is 1. The SMILES string of the molecule is CC1CC(C)CN(C(=O)CSc2ccc(N)cc2Cl)C1. The molecular weight excluding hydrogens is 292 g/mol. The number of nitrogens with zero attached hydrogens (tertiary/aromatic N) is 1. The fraction of sp³-hybridized carbons (Fsp3) is 0.533. The van der Waals surface area contributed by atoms with E-state index in [4.69, 9.17) is 17.3 Å². The Balaban J connectivity index is 1.91. The van der Waals surface area contributed by atoms with Crippen molar-refractivity contribution in [3.05, 3.63) is 23.2 Å². The zero-order chi connectivity index (χ0) is 14.7. The smallest absolute Gasteiger partial charge is 0.232 e. The molecule has 1 aromatic carbocycles. The van der Waals surface area contributed by atoms with Crippen molar-refractivity contribution in [2.24, 2.45) is 11.8 Å². The third-order valence-corrected chi connectivity index (χ3v) is 5.01. The van der Waals surface area contributed by atoms with Gasteiger partial charge in [0.2, 0.25) is 5.91 Å². The Morgan fingerprint density at radius 3 is 2.65 bits per heavy atom. The third kappa shape index (κ3) is 4.06. The molecule has 2 unspecified atom stereocenters. The second-order valence-electron chi connectivity index (χ2n) is 5.72. The number of rotatable bonds is 3. The highest BCUT2D eigenvalue weighted by Gasteiger charge is 2.25. The van der Waals surface area contributed by atoms with Gasteiger partial charge in [-0.05, 0) is 36.5 Å². The van der Waals surface area contributed by atoms with E-state index in [-0.39, 0.29) is 5.91 Å². The Hall–Kier alpha value is -0.870. The van der Waals surface area contributed by atoms with Crippen LogP contribution in [-0.4, -0.2) is 29.6 Å². The highest BCUT2D eigenvalue weighted by atomic mass is 35.5. The van der Waals surface area contributed by atoms with Crippen molar-refractivity contribution in [2.45, 2.75) is 25.2 Å². The molecule has 0 aromatic heterocycles. The van der Waals surface area contributed by atoms with Crippen LogP contribution in [0.5, 0.6) is 0 Å². The maximum absolute atomic E-state index is 12.3.